The summed E-state index contributed by atoms with van der Waals surface area (Å²) in [4.78, 5) is 23.1. The molecule has 18 heavy (non-hydrogen) atoms. The molecule has 4 unspecified atom stereocenters. The van der Waals surface area contributed by atoms with Crippen LogP contribution in [0.25, 0.3) is 0 Å². The number of amides is 1. The highest BCUT2D eigenvalue weighted by atomic mass is 32.2. The van der Waals surface area contributed by atoms with Crippen LogP contribution in [0.1, 0.15) is 32.6 Å². The summed E-state index contributed by atoms with van der Waals surface area (Å²) in [7, 11) is -0.966. The van der Waals surface area contributed by atoms with Crippen LogP contribution in [0, 0.1) is 11.8 Å². The van der Waals surface area contributed by atoms with E-state index in [1.807, 2.05) is 0 Å². The van der Waals surface area contributed by atoms with Crippen molar-refractivity contribution in [3.8, 4) is 0 Å². The van der Waals surface area contributed by atoms with Crippen molar-refractivity contribution in [3.63, 3.8) is 0 Å². The Morgan fingerprint density at radius 3 is 2.39 bits per heavy atom. The molecule has 1 rings (SSSR count). The topological polar surface area (TPSA) is 83.5 Å². The first kappa shape index (κ1) is 15.1. The number of hydrogen-bond donors (Lipinski definition) is 2. The zero-order chi connectivity index (χ0) is 13.7. The molecule has 0 bridgehead atoms. The van der Waals surface area contributed by atoms with E-state index >= 15 is 0 Å². The van der Waals surface area contributed by atoms with E-state index in [0.29, 0.717) is 18.6 Å². The van der Waals surface area contributed by atoms with Gasteiger partial charge in [-0.05, 0) is 19.8 Å². The second-order valence-electron chi connectivity index (χ2n) is 4.99. The van der Waals surface area contributed by atoms with E-state index in [9.17, 15) is 13.8 Å². The molecular formula is C12H21NO4S. The number of rotatable bonds is 5. The van der Waals surface area contributed by atoms with Crippen molar-refractivity contribution in [2.45, 2.75) is 38.6 Å². The predicted octanol–water partition coefficient (Wildman–Crippen LogP) is 0.761. The van der Waals surface area contributed by atoms with Gasteiger partial charge in [-0.15, -0.1) is 0 Å². The quantitative estimate of drug-likeness (QED) is 0.776. The monoisotopic (exact) mass is 275 g/mol. The molecule has 1 amide bonds. The third kappa shape index (κ3) is 4.40. The Morgan fingerprint density at radius 2 is 1.89 bits per heavy atom. The van der Waals surface area contributed by atoms with Crippen molar-refractivity contribution in [2.75, 3.05) is 12.0 Å². The van der Waals surface area contributed by atoms with E-state index in [1.165, 1.54) is 0 Å². The summed E-state index contributed by atoms with van der Waals surface area (Å²) >= 11 is 0. The molecule has 0 radical (unpaired) electrons. The smallest absolute Gasteiger partial charge is 0.307 e. The molecule has 104 valence electrons. The molecule has 1 aliphatic carbocycles. The molecule has 0 saturated heterocycles. The van der Waals surface area contributed by atoms with Gasteiger partial charge in [-0.3, -0.25) is 13.8 Å². The first-order valence-corrected chi connectivity index (χ1v) is 7.97. The average Bonchev–Trinajstić information content (AvgIpc) is 2.27. The summed E-state index contributed by atoms with van der Waals surface area (Å²) in [6.07, 6.45) is 4.56. The Morgan fingerprint density at radius 1 is 1.33 bits per heavy atom. The van der Waals surface area contributed by atoms with Gasteiger partial charge in [0.1, 0.15) is 0 Å². The maximum absolute atomic E-state index is 12.0. The van der Waals surface area contributed by atoms with Gasteiger partial charge in [0.05, 0.1) is 11.8 Å². The Balaban J connectivity index is 2.58. The maximum atomic E-state index is 12.0. The third-order valence-electron chi connectivity index (χ3n) is 3.29. The van der Waals surface area contributed by atoms with Gasteiger partial charge in [0.15, 0.2) is 0 Å². The molecule has 0 aromatic heterocycles. The minimum absolute atomic E-state index is 0.181. The minimum Gasteiger partial charge on any atom is -0.481 e. The van der Waals surface area contributed by atoms with Crippen LogP contribution in [0.4, 0.5) is 0 Å². The highest BCUT2D eigenvalue weighted by Crippen LogP contribution is 2.30. The number of nitrogens with one attached hydrogen (secondary N) is 1. The summed E-state index contributed by atoms with van der Waals surface area (Å²) in [6.45, 7) is 1.79. The molecular weight excluding hydrogens is 254 g/mol. The second kappa shape index (κ2) is 6.87. The Labute approximate surface area is 110 Å². The number of carboxylic acid groups (broad SMARTS) is 1. The summed E-state index contributed by atoms with van der Waals surface area (Å²) in [5, 5.41) is 11.9. The molecule has 2 N–H and O–H groups in total. The van der Waals surface area contributed by atoms with E-state index in [1.54, 1.807) is 13.2 Å². The number of aliphatic carboxylic acids is 1. The standard InChI is InChI=1S/C12H21NO4S/c1-8(7-18(2)17)13-11(14)9-5-3-4-6-10(9)12(15)16/h8-10H,3-7H2,1-2H3,(H,13,14)(H,15,16). The summed E-state index contributed by atoms with van der Waals surface area (Å²) in [5.74, 6) is -1.71. The fourth-order valence-corrected chi connectivity index (χ4v) is 3.27. The molecule has 0 aliphatic heterocycles. The van der Waals surface area contributed by atoms with Crippen LogP contribution >= 0.6 is 0 Å². The molecule has 6 heteroatoms. The van der Waals surface area contributed by atoms with E-state index in [2.05, 4.69) is 5.32 Å². The molecule has 5 nitrogen and oxygen atoms in total. The normalized spacial score (nSPS) is 27.2. The number of carboxylic acids is 1. The van der Waals surface area contributed by atoms with Crippen LogP contribution < -0.4 is 5.32 Å². The summed E-state index contributed by atoms with van der Waals surface area (Å²) in [5.41, 5.74) is 0. The highest BCUT2D eigenvalue weighted by Gasteiger charge is 2.35. The van der Waals surface area contributed by atoms with E-state index < -0.39 is 28.6 Å². The van der Waals surface area contributed by atoms with Crippen LogP contribution in [-0.2, 0) is 20.4 Å². The Bertz CT molecular complexity index is 345. The van der Waals surface area contributed by atoms with Crippen LogP contribution in [0.3, 0.4) is 0 Å². The molecule has 4 atom stereocenters. The first-order valence-electron chi connectivity index (χ1n) is 6.25. The molecule has 1 aliphatic rings. The Kier molecular flexibility index (Phi) is 5.78. The van der Waals surface area contributed by atoms with Gasteiger partial charge in [-0.2, -0.15) is 0 Å². The van der Waals surface area contributed by atoms with Gasteiger partial charge in [0.2, 0.25) is 5.91 Å². The van der Waals surface area contributed by atoms with Gasteiger partial charge < -0.3 is 10.4 Å². The van der Waals surface area contributed by atoms with Crippen LogP contribution in [-0.4, -0.2) is 39.2 Å². The van der Waals surface area contributed by atoms with Crippen molar-refractivity contribution in [1.82, 2.24) is 5.32 Å². The first-order chi connectivity index (χ1) is 8.41. The molecule has 1 fully saturated rings. The SMILES string of the molecule is CC(CS(C)=O)NC(=O)C1CCCCC1C(=O)O. The fourth-order valence-electron chi connectivity index (χ4n) is 2.48. The highest BCUT2D eigenvalue weighted by molar-refractivity contribution is 7.84. The Hall–Kier alpha value is -0.910. The summed E-state index contributed by atoms with van der Waals surface area (Å²) in [6, 6.07) is -0.181. The molecule has 0 aromatic rings. The van der Waals surface area contributed by atoms with Crippen LogP contribution in [0.15, 0.2) is 0 Å². The van der Waals surface area contributed by atoms with E-state index in [-0.39, 0.29) is 11.9 Å². The van der Waals surface area contributed by atoms with Crippen molar-refractivity contribution < 1.29 is 18.9 Å². The van der Waals surface area contributed by atoms with E-state index in [4.69, 9.17) is 5.11 Å². The van der Waals surface area contributed by atoms with Gasteiger partial charge in [0, 0.05) is 28.9 Å². The number of hydrogen-bond acceptors (Lipinski definition) is 3. The predicted molar refractivity (Wildman–Crippen MR) is 69.6 cm³/mol. The van der Waals surface area contributed by atoms with Crippen LogP contribution in [0.5, 0.6) is 0 Å². The number of carbonyl (C=O) groups is 2. The third-order valence-corrected chi connectivity index (χ3v) is 4.26. The molecule has 0 spiro atoms. The van der Waals surface area contributed by atoms with Crippen LogP contribution in [0.2, 0.25) is 0 Å². The van der Waals surface area contributed by atoms with Crippen molar-refractivity contribution in [3.05, 3.63) is 0 Å². The van der Waals surface area contributed by atoms with Crippen molar-refractivity contribution >= 4 is 22.7 Å². The lowest BCUT2D eigenvalue weighted by atomic mass is 9.78. The lowest BCUT2D eigenvalue weighted by Crippen LogP contribution is -2.44. The van der Waals surface area contributed by atoms with Crippen molar-refractivity contribution in [1.29, 1.82) is 0 Å². The molecule has 1 saturated carbocycles. The summed E-state index contributed by atoms with van der Waals surface area (Å²) < 4.78 is 11.1. The minimum atomic E-state index is -0.966. The lowest BCUT2D eigenvalue weighted by molar-refractivity contribution is -0.149. The molecule has 0 heterocycles. The van der Waals surface area contributed by atoms with Gasteiger partial charge in [-0.1, -0.05) is 12.8 Å². The van der Waals surface area contributed by atoms with Gasteiger partial charge in [-0.25, -0.2) is 0 Å². The number of carbonyl (C=O) groups excluding carboxylic acids is 1. The molecule has 0 aromatic carbocycles. The fraction of sp³-hybridized carbons (Fsp3) is 0.833. The van der Waals surface area contributed by atoms with Gasteiger partial charge in [0.25, 0.3) is 0 Å². The zero-order valence-electron chi connectivity index (χ0n) is 10.8. The lowest BCUT2D eigenvalue weighted by Gasteiger charge is -2.28. The van der Waals surface area contributed by atoms with Gasteiger partial charge >= 0.3 is 5.97 Å². The second-order valence-corrected chi connectivity index (χ2v) is 6.46. The van der Waals surface area contributed by atoms with E-state index in [0.717, 1.165) is 12.8 Å². The van der Waals surface area contributed by atoms with Crippen molar-refractivity contribution in [2.24, 2.45) is 11.8 Å². The maximum Gasteiger partial charge on any atom is 0.307 e. The zero-order valence-corrected chi connectivity index (χ0v) is 11.7. The average molecular weight is 275 g/mol. The largest absolute Gasteiger partial charge is 0.481 e.